The molecule has 0 radical (unpaired) electrons. The fourth-order valence-corrected chi connectivity index (χ4v) is 2.96. The molecule has 0 saturated carbocycles. The molecule has 0 bridgehead atoms. The Morgan fingerprint density at radius 3 is 2.73 bits per heavy atom. The van der Waals surface area contributed by atoms with E-state index in [2.05, 4.69) is 12.1 Å². The SMILES string of the molecule is C[NH+](Cc1ccc(Cl)c(Cl)c1)Cn1nc2ccccn2c1=S. The third-order valence-corrected chi connectivity index (χ3v) is 4.54. The number of benzene rings is 1. The summed E-state index contributed by atoms with van der Waals surface area (Å²) in [6, 6.07) is 11.6. The molecule has 1 N–H and O–H groups in total. The number of nitrogens with one attached hydrogen (secondary N) is 1. The summed E-state index contributed by atoms with van der Waals surface area (Å²) < 4.78 is 4.45. The zero-order valence-electron chi connectivity index (χ0n) is 12.0. The number of pyridine rings is 1. The van der Waals surface area contributed by atoms with Crippen LogP contribution in [-0.2, 0) is 13.2 Å². The van der Waals surface area contributed by atoms with Crippen molar-refractivity contribution in [2.24, 2.45) is 0 Å². The first kappa shape index (κ1) is 15.5. The highest BCUT2D eigenvalue weighted by Crippen LogP contribution is 2.22. The summed E-state index contributed by atoms with van der Waals surface area (Å²) in [7, 11) is 2.09. The maximum absolute atomic E-state index is 6.06. The zero-order chi connectivity index (χ0) is 15.7. The van der Waals surface area contributed by atoms with Gasteiger partial charge >= 0.3 is 0 Å². The molecule has 0 saturated heterocycles. The summed E-state index contributed by atoms with van der Waals surface area (Å²) in [5.41, 5.74) is 1.98. The average Bonchev–Trinajstić information content (AvgIpc) is 2.80. The maximum Gasteiger partial charge on any atom is 0.207 e. The number of aromatic nitrogens is 3. The Morgan fingerprint density at radius 1 is 1.18 bits per heavy atom. The fraction of sp³-hybridized carbons (Fsp3) is 0.200. The highest BCUT2D eigenvalue weighted by molar-refractivity contribution is 7.71. The van der Waals surface area contributed by atoms with E-state index in [1.54, 1.807) is 0 Å². The molecule has 0 spiro atoms. The predicted molar refractivity (Wildman–Crippen MR) is 91.1 cm³/mol. The van der Waals surface area contributed by atoms with Crippen LogP contribution in [0.15, 0.2) is 42.6 Å². The van der Waals surface area contributed by atoms with E-state index in [0.717, 1.165) is 17.8 Å². The molecular weight excluding hydrogens is 339 g/mol. The van der Waals surface area contributed by atoms with Crippen molar-refractivity contribution in [1.82, 2.24) is 14.2 Å². The minimum atomic E-state index is 0.575. The molecule has 0 amide bonds. The molecule has 0 fully saturated rings. The van der Waals surface area contributed by atoms with Crippen LogP contribution in [0.25, 0.3) is 5.65 Å². The van der Waals surface area contributed by atoms with Gasteiger partial charge < -0.3 is 4.90 Å². The lowest BCUT2D eigenvalue weighted by molar-refractivity contribution is -0.917. The number of quaternary nitrogens is 1. The summed E-state index contributed by atoms with van der Waals surface area (Å²) in [5, 5.41) is 5.69. The Morgan fingerprint density at radius 2 is 2.00 bits per heavy atom. The van der Waals surface area contributed by atoms with Gasteiger partial charge in [-0.05, 0) is 36.5 Å². The van der Waals surface area contributed by atoms with Gasteiger partial charge in [-0.2, -0.15) is 4.68 Å². The van der Waals surface area contributed by atoms with E-state index in [4.69, 9.17) is 35.4 Å². The van der Waals surface area contributed by atoms with E-state index in [-0.39, 0.29) is 0 Å². The lowest BCUT2D eigenvalue weighted by Gasteiger charge is -2.14. The number of hydrogen-bond donors (Lipinski definition) is 1. The van der Waals surface area contributed by atoms with E-state index >= 15 is 0 Å². The Balaban J connectivity index is 1.78. The second-order valence-electron chi connectivity index (χ2n) is 5.25. The van der Waals surface area contributed by atoms with E-state index in [0.29, 0.717) is 21.5 Å². The van der Waals surface area contributed by atoms with Gasteiger partial charge in [0.15, 0.2) is 12.3 Å². The van der Waals surface area contributed by atoms with Gasteiger partial charge in [0.25, 0.3) is 0 Å². The second-order valence-corrected chi connectivity index (χ2v) is 6.43. The normalized spacial score (nSPS) is 12.7. The Labute approximate surface area is 143 Å². The lowest BCUT2D eigenvalue weighted by Crippen LogP contribution is -3.07. The average molecular weight is 354 g/mol. The van der Waals surface area contributed by atoms with Gasteiger partial charge in [0.05, 0.1) is 17.1 Å². The van der Waals surface area contributed by atoms with Crippen molar-refractivity contribution >= 4 is 41.1 Å². The van der Waals surface area contributed by atoms with Crippen LogP contribution in [0.1, 0.15) is 5.56 Å². The molecule has 7 heteroatoms. The van der Waals surface area contributed by atoms with E-state index in [1.165, 1.54) is 4.90 Å². The van der Waals surface area contributed by atoms with Crippen molar-refractivity contribution in [2.75, 3.05) is 7.05 Å². The molecule has 1 atom stereocenters. The molecule has 3 rings (SSSR count). The molecular formula is C15H15Cl2N4S+. The first-order chi connectivity index (χ1) is 10.5. The smallest absolute Gasteiger partial charge is 0.207 e. The Hall–Kier alpha value is -1.40. The van der Waals surface area contributed by atoms with Gasteiger partial charge in [-0.25, -0.2) is 0 Å². The number of hydrogen-bond acceptors (Lipinski definition) is 2. The van der Waals surface area contributed by atoms with Gasteiger partial charge in [0.2, 0.25) is 4.77 Å². The van der Waals surface area contributed by atoms with Crippen LogP contribution in [0.5, 0.6) is 0 Å². The molecule has 2 aromatic heterocycles. The minimum absolute atomic E-state index is 0.575. The van der Waals surface area contributed by atoms with Gasteiger partial charge in [-0.1, -0.05) is 35.3 Å². The molecule has 1 aromatic carbocycles. The molecule has 2 heterocycles. The van der Waals surface area contributed by atoms with Crippen molar-refractivity contribution in [1.29, 1.82) is 0 Å². The van der Waals surface area contributed by atoms with Crippen molar-refractivity contribution in [3.63, 3.8) is 0 Å². The fourth-order valence-electron chi connectivity index (χ4n) is 2.38. The topological polar surface area (TPSA) is 26.7 Å². The lowest BCUT2D eigenvalue weighted by atomic mass is 10.2. The minimum Gasteiger partial charge on any atom is -0.315 e. The number of rotatable bonds is 4. The molecule has 22 heavy (non-hydrogen) atoms. The zero-order valence-corrected chi connectivity index (χ0v) is 14.3. The van der Waals surface area contributed by atoms with E-state index in [9.17, 15) is 0 Å². The quantitative estimate of drug-likeness (QED) is 0.730. The third-order valence-electron chi connectivity index (χ3n) is 3.40. The summed E-state index contributed by atoms with van der Waals surface area (Å²) in [6.45, 7) is 1.49. The van der Waals surface area contributed by atoms with Crippen LogP contribution in [0.3, 0.4) is 0 Å². The summed E-state index contributed by atoms with van der Waals surface area (Å²) >= 11 is 17.5. The first-order valence-corrected chi connectivity index (χ1v) is 8.00. The number of nitrogens with zero attached hydrogens (tertiary/aromatic N) is 3. The van der Waals surface area contributed by atoms with Crippen LogP contribution in [0.4, 0.5) is 0 Å². The van der Waals surface area contributed by atoms with Crippen LogP contribution in [0.2, 0.25) is 10.0 Å². The van der Waals surface area contributed by atoms with E-state index in [1.807, 2.05) is 51.7 Å². The van der Waals surface area contributed by atoms with Gasteiger partial charge in [-0.15, -0.1) is 5.10 Å². The van der Waals surface area contributed by atoms with Crippen molar-refractivity contribution in [3.8, 4) is 0 Å². The standard InChI is InChI=1S/C15H14Cl2N4S/c1-19(9-11-5-6-12(16)13(17)8-11)10-21-15(22)20-7-3-2-4-14(20)18-21/h2-8H,9-10H2,1H3/p+1. The molecule has 114 valence electrons. The highest BCUT2D eigenvalue weighted by atomic mass is 35.5. The summed E-state index contributed by atoms with van der Waals surface area (Å²) in [6.07, 6.45) is 1.93. The molecule has 0 aliphatic carbocycles. The Kier molecular flexibility index (Phi) is 4.49. The molecule has 4 nitrogen and oxygen atoms in total. The Bertz CT molecular complexity index is 871. The van der Waals surface area contributed by atoms with Crippen LogP contribution >= 0.6 is 35.4 Å². The second kappa shape index (κ2) is 6.38. The third kappa shape index (κ3) is 3.17. The van der Waals surface area contributed by atoms with Gasteiger partial charge in [0, 0.05) is 11.8 Å². The number of fused-ring (bicyclic) bond motifs is 1. The van der Waals surface area contributed by atoms with Gasteiger partial charge in [-0.3, -0.25) is 4.40 Å². The van der Waals surface area contributed by atoms with Crippen molar-refractivity contribution in [3.05, 3.63) is 63.0 Å². The molecule has 3 aromatic rings. The van der Waals surface area contributed by atoms with Crippen molar-refractivity contribution in [2.45, 2.75) is 13.2 Å². The van der Waals surface area contributed by atoms with Gasteiger partial charge in [0.1, 0.15) is 6.54 Å². The van der Waals surface area contributed by atoms with Crippen LogP contribution < -0.4 is 4.90 Å². The summed E-state index contributed by atoms with van der Waals surface area (Å²) in [4.78, 5) is 1.25. The van der Waals surface area contributed by atoms with Crippen LogP contribution in [-0.4, -0.2) is 21.2 Å². The van der Waals surface area contributed by atoms with E-state index < -0.39 is 0 Å². The molecule has 1 unspecified atom stereocenters. The number of halogens is 2. The molecule has 0 aliphatic heterocycles. The van der Waals surface area contributed by atoms with Crippen molar-refractivity contribution < 1.29 is 4.90 Å². The largest absolute Gasteiger partial charge is 0.315 e. The molecule has 0 aliphatic rings. The highest BCUT2D eigenvalue weighted by Gasteiger charge is 2.10. The first-order valence-electron chi connectivity index (χ1n) is 6.84. The monoisotopic (exact) mass is 353 g/mol. The van der Waals surface area contributed by atoms with Crippen LogP contribution in [0, 0.1) is 4.77 Å². The summed E-state index contributed by atoms with van der Waals surface area (Å²) in [5.74, 6) is 0. The predicted octanol–water partition coefficient (Wildman–Crippen LogP) is 2.84. The maximum atomic E-state index is 6.06.